The summed E-state index contributed by atoms with van der Waals surface area (Å²) in [6.07, 6.45) is 35.8. The maximum Gasteiger partial charge on any atom is 0.303 e. The van der Waals surface area contributed by atoms with Gasteiger partial charge in [0.05, 0.1) is 0 Å². The summed E-state index contributed by atoms with van der Waals surface area (Å²) < 4.78 is 4.88. The Morgan fingerprint density at radius 1 is 0.565 bits per heavy atom. The van der Waals surface area contributed by atoms with Crippen LogP contribution < -0.4 is 5.73 Å². The Hall–Kier alpha value is -2.74. The van der Waals surface area contributed by atoms with Crippen LogP contribution >= 0.6 is 0 Å². The number of carboxylic acids is 2. The van der Waals surface area contributed by atoms with Gasteiger partial charge in [-0.05, 0) is 58.3 Å². The van der Waals surface area contributed by atoms with Crippen molar-refractivity contribution in [1.82, 2.24) is 0 Å². The molecule has 1 fully saturated rings. The molecule has 0 aromatic heterocycles. The van der Waals surface area contributed by atoms with Gasteiger partial charge >= 0.3 is 11.9 Å². The van der Waals surface area contributed by atoms with Gasteiger partial charge in [0, 0.05) is 19.3 Å². The van der Waals surface area contributed by atoms with Crippen molar-refractivity contribution in [2.45, 2.75) is 181 Å². The van der Waals surface area contributed by atoms with Gasteiger partial charge in [-0.2, -0.15) is 0 Å². The first-order valence-electron chi connectivity index (χ1n) is 18.0. The van der Waals surface area contributed by atoms with Crippen molar-refractivity contribution in [2.24, 2.45) is 5.73 Å². The van der Waals surface area contributed by atoms with Crippen LogP contribution in [0.25, 0.3) is 0 Å². The van der Waals surface area contributed by atoms with Crippen LogP contribution in [0.1, 0.15) is 168 Å². The zero-order valence-electron chi connectivity index (χ0n) is 29.4. The van der Waals surface area contributed by atoms with Crippen LogP contribution in [0.2, 0.25) is 0 Å². The molecule has 0 unspecified atom stereocenters. The summed E-state index contributed by atoms with van der Waals surface area (Å²) in [6.45, 7) is 6.37. The number of carbonyl (C=O) groups is 4. The molecule has 0 aromatic rings. The summed E-state index contributed by atoms with van der Waals surface area (Å²) in [4.78, 5) is 42.4. The second-order valence-electron chi connectivity index (χ2n) is 11.9. The average Bonchev–Trinajstić information content (AvgIpc) is 3.83. The zero-order valence-corrected chi connectivity index (χ0v) is 29.4. The van der Waals surface area contributed by atoms with E-state index >= 15 is 0 Å². The number of carboxylic acid groups (broad SMARTS) is 2. The highest BCUT2D eigenvalue weighted by Crippen LogP contribution is 2.24. The molecule has 0 radical (unpaired) electrons. The molecular formula is C38H67NO7. The fraction of sp³-hybridized carbons (Fsp3) is 0.737. The molecule has 1 aliphatic rings. The summed E-state index contributed by atoms with van der Waals surface area (Å²) in [6, 6.07) is 0. The third kappa shape index (κ3) is 35.7. The largest absolute Gasteiger partial charge is 0.481 e. The lowest BCUT2D eigenvalue weighted by atomic mass is 10.1. The number of nitrogens with two attached hydrogens (primary N) is 1. The van der Waals surface area contributed by atoms with Crippen molar-refractivity contribution in [3.8, 4) is 0 Å². The van der Waals surface area contributed by atoms with E-state index < -0.39 is 30.1 Å². The van der Waals surface area contributed by atoms with Crippen LogP contribution in [0, 0.1) is 0 Å². The van der Waals surface area contributed by atoms with E-state index in [1.165, 1.54) is 89.9 Å². The number of aliphatic carboxylic acids is 2. The Morgan fingerprint density at radius 2 is 1.00 bits per heavy atom. The highest BCUT2D eigenvalue weighted by Gasteiger charge is 2.48. The third-order valence-corrected chi connectivity index (χ3v) is 7.47. The Kier molecular flexibility index (Phi) is 34.6. The SMILES string of the molecule is C/C=C/C/C=C/CCC(=O)[C@H]1O[C@H]1C(N)=O.CCCCCCCC(=O)O.CCCCCCCC/C=C/CCCCCCCC(=O)O. The topological polar surface area (TPSA) is 147 Å². The first-order chi connectivity index (χ1) is 22.2. The van der Waals surface area contributed by atoms with Gasteiger partial charge in [-0.15, -0.1) is 0 Å². The van der Waals surface area contributed by atoms with Crippen LogP contribution in [-0.2, 0) is 23.9 Å². The first-order valence-corrected chi connectivity index (χ1v) is 18.0. The van der Waals surface area contributed by atoms with Crippen LogP contribution in [0.5, 0.6) is 0 Å². The lowest BCUT2D eigenvalue weighted by Crippen LogP contribution is -2.22. The molecule has 8 nitrogen and oxygen atoms in total. The van der Waals surface area contributed by atoms with E-state index in [1.54, 1.807) is 0 Å². The average molecular weight is 650 g/mol. The van der Waals surface area contributed by atoms with Crippen LogP contribution in [0.3, 0.4) is 0 Å². The summed E-state index contributed by atoms with van der Waals surface area (Å²) in [5.41, 5.74) is 5.00. The van der Waals surface area contributed by atoms with Crippen molar-refractivity contribution in [3.05, 3.63) is 36.5 Å². The molecule has 1 aliphatic heterocycles. The summed E-state index contributed by atoms with van der Waals surface area (Å²) in [7, 11) is 0. The van der Waals surface area contributed by atoms with E-state index in [-0.39, 0.29) is 5.78 Å². The molecule has 1 saturated heterocycles. The Balaban J connectivity index is 0. The second-order valence-corrected chi connectivity index (χ2v) is 11.9. The van der Waals surface area contributed by atoms with Crippen LogP contribution in [0.15, 0.2) is 36.5 Å². The molecule has 0 saturated carbocycles. The van der Waals surface area contributed by atoms with E-state index in [4.69, 9.17) is 20.7 Å². The van der Waals surface area contributed by atoms with E-state index in [2.05, 4.69) is 26.0 Å². The summed E-state index contributed by atoms with van der Waals surface area (Å²) in [5, 5.41) is 16.8. The maximum atomic E-state index is 11.4. The highest BCUT2D eigenvalue weighted by atomic mass is 16.6. The number of Topliss-reactive ketones (excluding diaryl/α,β-unsaturated/α-hetero) is 1. The third-order valence-electron chi connectivity index (χ3n) is 7.47. The van der Waals surface area contributed by atoms with Crippen molar-refractivity contribution < 1.29 is 34.1 Å². The van der Waals surface area contributed by atoms with E-state index in [9.17, 15) is 19.2 Å². The fourth-order valence-electron chi connectivity index (χ4n) is 4.60. The number of ether oxygens (including phenoxy) is 1. The first kappa shape index (κ1) is 45.4. The minimum absolute atomic E-state index is 0.0421. The molecule has 1 rings (SSSR count). The molecule has 0 spiro atoms. The molecule has 1 amide bonds. The monoisotopic (exact) mass is 649 g/mol. The molecule has 4 N–H and O–H groups in total. The zero-order chi connectivity index (χ0) is 34.7. The number of hydrogen-bond donors (Lipinski definition) is 3. The Morgan fingerprint density at radius 3 is 1.41 bits per heavy atom. The lowest BCUT2D eigenvalue weighted by Gasteiger charge is -1.99. The predicted molar refractivity (Wildman–Crippen MR) is 189 cm³/mol. The lowest BCUT2D eigenvalue weighted by molar-refractivity contribution is -0.138. The summed E-state index contributed by atoms with van der Waals surface area (Å²) in [5.74, 6) is -1.93. The van der Waals surface area contributed by atoms with Crippen LogP contribution in [-0.4, -0.2) is 46.1 Å². The van der Waals surface area contributed by atoms with E-state index in [1.807, 2.05) is 31.2 Å². The van der Waals surface area contributed by atoms with Gasteiger partial charge in [-0.1, -0.05) is 127 Å². The molecule has 0 aromatic carbocycles. The number of unbranched alkanes of at least 4 members (excludes halogenated alkanes) is 15. The number of amides is 1. The molecular weight excluding hydrogens is 582 g/mol. The number of allylic oxidation sites excluding steroid dienone is 6. The van der Waals surface area contributed by atoms with Gasteiger partial charge in [0.1, 0.15) is 0 Å². The highest BCUT2D eigenvalue weighted by molar-refractivity contribution is 5.95. The number of epoxide rings is 1. The molecule has 0 aliphatic carbocycles. The molecule has 0 bridgehead atoms. The second kappa shape index (κ2) is 35.1. The number of primary amides is 1. The van der Waals surface area contributed by atoms with Crippen molar-refractivity contribution in [2.75, 3.05) is 0 Å². The Bertz CT molecular complexity index is 850. The number of carbonyl (C=O) groups excluding carboxylic acids is 2. The summed E-state index contributed by atoms with van der Waals surface area (Å²) >= 11 is 0. The molecule has 2 atom stereocenters. The standard InChI is InChI=1S/C18H34O2.C12H17NO3.C8H16O2/c1-2-3-4-5-6-7-8-9-10-11-12-13-14-15-16-17-18(19)20;1-2-3-4-5-6-7-8-9(14)10-11(16-10)12(13)15;1-2-3-4-5-6-7-8(9)10/h9-10H,2-8,11-17H2,1H3,(H,19,20);2-3,5-6,10-11H,4,7-8H2,1H3,(H2,13,15);2-7H2,1H3,(H,9,10)/b10-9+;3-2+,6-5+;/t;10-,11-;/m.1./s1. The normalized spacial score (nSPS) is 15.4. The van der Waals surface area contributed by atoms with Crippen molar-refractivity contribution >= 4 is 23.6 Å². The number of hydrogen-bond acceptors (Lipinski definition) is 5. The van der Waals surface area contributed by atoms with Crippen molar-refractivity contribution in [3.63, 3.8) is 0 Å². The van der Waals surface area contributed by atoms with E-state index in [0.717, 1.165) is 32.1 Å². The van der Waals surface area contributed by atoms with Gasteiger partial charge in [0.15, 0.2) is 18.0 Å². The van der Waals surface area contributed by atoms with Crippen LogP contribution in [0.4, 0.5) is 0 Å². The van der Waals surface area contributed by atoms with Crippen molar-refractivity contribution in [1.29, 1.82) is 0 Å². The van der Waals surface area contributed by atoms with Gasteiger partial charge < -0.3 is 20.7 Å². The van der Waals surface area contributed by atoms with Gasteiger partial charge in [0.25, 0.3) is 0 Å². The minimum Gasteiger partial charge on any atom is -0.481 e. The van der Waals surface area contributed by atoms with E-state index in [0.29, 0.717) is 25.7 Å². The van der Waals surface area contributed by atoms with Gasteiger partial charge in [-0.25, -0.2) is 0 Å². The van der Waals surface area contributed by atoms with Gasteiger partial charge in [-0.3, -0.25) is 19.2 Å². The number of rotatable bonds is 28. The molecule has 46 heavy (non-hydrogen) atoms. The molecule has 266 valence electrons. The molecule has 1 heterocycles. The fourth-order valence-corrected chi connectivity index (χ4v) is 4.60. The smallest absolute Gasteiger partial charge is 0.303 e. The number of ketones is 1. The predicted octanol–water partition coefficient (Wildman–Crippen LogP) is 9.65. The Labute approximate surface area is 280 Å². The quantitative estimate of drug-likeness (QED) is 0.0434. The van der Waals surface area contributed by atoms with Gasteiger partial charge in [0.2, 0.25) is 5.91 Å². The minimum atomic E-state index is -0.681. The maximum absolute atomic E-state index is 11.4. The molecule has 8 heteroatoms.